The number of nitrogens with one attached hydrogen (secondary N) is 1. The number of pyridine rings is 1. The average molecular weight is 219 g/mol. The summed E-state index contributed by atoms with van der Waals surface area (Å²) in [4.78, 5) is 17.8. The molecule has 1 atom stereocenters. The minimum atomic E-state index is -0.00148. The average Bonchev–Trinajstić information content (AvgIpc) is 2.31. The molecule has 4 nitrogen and oxygen atoms in total. The van der Waals surface area contributed by atoms with Crippen LogP contribution < -0.4 is 5.32 Å². The summed E-state index contributed by atoms with van der Waals surface area (Å²) in [6, 6.07) is 3.94. The zero-order chi connectivity index (χ0) is 11.4. The number of nitrogens with zero attached hydrogens (tertiary/aromatic N) is 2. The summed E-state index contributed by atoms with van der Waals surface area (Å²) < 4.78 is 0. The lowest BCUT2D eigenvalue weighted by molar-refractivity contribution is 0.170. The van der Waals surface area contributed by atoms with Gasteiger partial charge in [-0.1, -0.05) is 0 Å². The van der Waals surface area contributed by atoms with Crippen molar-refractivity contribution >= 4 is 11.7 Å². The summed E-state index contributed by atoms with van der Waals surface area (Å²) in [5.41, 5.74) is 0.803. The van der Waals surface area contributed by atoms with Crippen LogP contribution in [0.3, 0.4) is 0 Å². The van der Waals surface area contributed by atoms with Gasteiger partial charge in [-0.3, -0.25) is 4.98 Å². The van der Waals surface area contributed by atoms with E-state index >= 15 is 0 Å². The number of hydrogen-bond acceptors (Lipinski definition) is 2. The van der Waals surface area contributed by atoms with Crippen molar-refractivity contribution in [2.75, 3.05) is 11.9 Å². The third-order valence-electron chi connectivity index (χ3n) is 3.00. The molecule has 1 aliphatic heterocycles. The molecule has 86 valence electrons. The highest BCUT2D eigenvalue weighted by atomic mass is 16.2. The highest BCUT2D eigenvalue weighted by Gasteiger charge is 2.22. The van der Waals surface area contributed by atoms with E-state index in [0.29, 0.717) is 6.04 Å². The van der Waals surface area contributed by atoms with Crippen molar-refractivity contribution in [2.45, 2.75) is 32.2 Å². The highest BCUT2D eigenvalue weighted by Crippen LogP contribution is 2.17. The number of rotatable bonds is 1. The smallest absolute Gasteiger partial charge is 0.322 e. The molecule has 4 heteroatoms. The molecule has 2 heterocycles. The molecule has 0 radical (unpaired) electrons. The number of piperidine rings is 1. The lowest BCUT2D eigenvalue weighted by Gasteiger charge is -2.33. The lowest BCUT2D eigenvalue weighted by atomic mass is 10.0. The maximum Gasteiger partial charge on any atom is 0.322 e. The number of amides is 2. The van der Waals surface area contributed by atoms with Crippen LogP contribution >= 0.6 is 0 Å². The Labute approximate surface area is 95.7 Å². The van der Waals surface area contributed by atoms with E-state index in [9.17, 15) is 4.79 Å². The van der Waals surface area contributed by atoms with E-state index < -0.39 is 0 Å². The van der Waals surface area contributed by atoms with Crippen LogP contribution in [0.4, 0.5) is 10.5 Å². The number of hydrogen-bond donors (Lipinski definition) is 1. The van der Waals surface area contributed by atoms with Gasteiger partial charge in [0.15, 0.2) is 0 Å². The lowest BCUT2D eigenvalue weighted by Crippen LogP contribution is -2.44. The van der Waals surface area contributed by atoms with Gasteiger partial charge in [0.05, 0.1) is 0 Å². The van der Waals surface area contributed by atoms with E-state index in [4.69, 9.17) is 0 Å². The van der Waals surface area contributed by atoms with E-state index in [1.54, 1.807) is 24.5 Å². The summed E-state index contributed by atoms with van der Waals surface area (Å²) in [5, 5.41) is 2.89. The predicted molar refractivity (Wildman–Crippen MR) is 63.3 cm³/mol. The number of carbonyl (C=O) groups excluding carboxylic acids is 1. The zero-order valence-electron chi connectivity index (χ0n) is 9.52. The number of anilines is 1. The molecular weight excluding hydrogens is 202 g/mol. The van der Waals surface area contributed by atoms with Crippen molar-refractivity contribution < 1.29 is 4.79 Å². The second-order valence-electron chi connectivity index (χ2n) is 4.20. The Morgan fingerprint density at radius 1 is 1.44 bits per heavy atom. The largest absolute Gasteiger partial charge is 0.322 e. The molecule has 2 rings (SSSR count). The molecule has 1 fully saturated rings. The maximum atomic E-state index is 12.0. The quantitative estimate of drug-likeness (QED) is 0.788. The van der Waals surface area contributed by atoms with Crippen LogP contribution in [0.1, 0.15) is 26.2 Å². The Morgan fingerprint density at radius 3 is 2.88 bits per heavy atom. The molecule has 1 aromatic rings. The molecule has 1 N–H and O–H groups in total. The van der Waals surface area contributed by atoms with E-state index in [-0.39, 0.29) is 6.03 Å². The van der Waals surface area contributed by atoms with Gasteiger partial charge >= 0.3 is 6.03 Å². The van der Waals surface area contributed by atoms with E-state index in [0.717, 1.165) is 25.1 Å². The van der Waals surface area contributed by atoms with Crippen LogP contribution in [-0.4, -0.2) is 28.5 Å². The second kappa shape index (κ2) is 4.96. The van der Waals surface area contributed by atoms with E-state index in [2.05, 4.69) is 17.2 Å². The molecule has 0 saturated carbocycles. The molecular formula is C12H17N3O. The molecule has 1 unspecified atom stereocenters. The third kappa shape index (κ3) is 2.51. The summed E-state index contributed by atoms with van der Waals surface area (Å²) in [5.74, 6) is 0. The Balaban J connectivity index is 1.97. The van der Waals surface area contributed by atoms with Gasteiger partial charge in [0.2, 0.25) is 0 Å². The topological polar surface area (TPSA) is 45.2 Å². The van der Waals surface area contributed by atoms with Gasteiger partial charge in [0.1, 0.15) is 0 Å². The van der Waals surface area contributed by atoms with Crippen molar-refractivity contribution in [2.24, 2.45) is 0 Å². The van der Waals surface area contributed by atoms with Gasteiger partial charge in [0, 0.05) is 30.7 Å². The Hall–Kier alpha value is -1.58. The van der Waals surface area contributed by atoms with Crippen LogP contribution in [0.5, 0.6) is 0 Å². The Morgan fingerprint density at radius 2 is 2.19 bits per heavy atom. The molecule has 0 aliphatic carbocycles. The number of likely N-dealkylation sites (tertiary alicyclic amines) is 1. The molecule has 1 aromatic heterocycles. The van der Waals surface area contributed by atoms with Gasteiger partial charge in [-0.25, -0.2) is 4.79 Å². The molecule has 0 bridgehead atoms. The minimum absolute atomic E-state index is 0.00148. The summed E-state index contributed by atoms with van der Waals surface area (Å²) in [6.45, 7) is 2.96. The Kier molecular flexibility index (Phi) is 3.39. The molecule has 1 aliphatic rings. The van der Waals surface area contributed by atoms with Gasteiger partial charge in [0.25, 0.3) is 0 Å². The van der Waals surface area contributed by atoms with Gasteiger partial charge in [-0.05, 0) is 38.3 Å². The summed E-state index contributed by atoms with van der Waals surface area (Å²) in [6.07, 6.45) is 6.78. The highest BCUT2D eigenvalue weighted by molar-refractivity contribution is 5.89. The van der Waals surface area contributed by atoms with Crippen molar-refractivity contribution in [3.8, 4) is 0 Å². The SMILES string of the molecule is CC1CCCCN1C(=O)Nc1ccncc1. The first-order valence-electron chi connectivity index (χ1n) is 5.75. The fourth-order valence-electron chi connectivity index (χ4n) is 2.03. The van der Waals surface area contributed by atoms with Crippen molar-refractivity contribution in [1.29, 1.82) is 0 Å². The van der Waals surface area contributed by atoms with Crippen molar-refractivity contribution in [1.82, 2.24) is 9.88 Å². The molecule has 0 spiro atoms. The van der Waals surface area contributed by atoms with Gasteiger partial charge < -0.3 is 10.2 Å². The Bertz CT molecular complexity index is 353. The minimum Gasteiger partial charge on any atom is -0.322 e. The van der Waals surface area contributed by atoms with Crippen molar-refractivity contribution in [3.05, 3.63) is 24.5 Å². The maximum absolute atomic E-state index is 12.0. The van der Waals surface area contributed by atoms with Gasteiger partial charge in [-0.15, -0.1) is 0 Å². The number of aromatic nitrogens is 1. The van der Waals surface area contributed by atoms with Crippen LogP contribution in [-0.2, 0) is 0 Å². The number of carbonyl (C=O) groups is 1. The van der Waals surface area contributed by atoms with Crippen molar-refractivity contribution in [3.63, 3.8) is 0 Å². The van der Waals surface area contributed by atoms with E-state index in [1.807, 2.05) is 4.90 Å². The summed E-state index contributed by atoms with van der Waals surface area (Å²) in [7, 11) is 0. The van der Waals surface area contributed by atoms with Crippen LogP contribution in [0.2, 0.25) is 0 Å². The fourth-order valence-corrected chi connectivity index (χ4v) is 2.03. The summed E-state index contributed by atoms with van der Waals surface area (Å²) >= 11 is 0. The number of urea groups is 1. The first kappa shape index (κ1) is 10.9. The van der Waals surface area contributed by atoms with Crippen LogP contribution in [0.25, 0.3) is 0 Å². The van der Waals surface area contributed by atoms with Gasteiger partial charge in [-0.2, -0.15) is 0 Å². The second-order valence-corrected chi connectivity index (χ2v) is 4.20. The third-order valence-corrected chi connectivity index (χ3v) is 3.00. The molecule has 16 heavy (non-hydrogen) atoms. The normalized spacial score (nSPS) is 20.6. The zero-order valence-corrected chi connectivity index (χ0v) is 9.52. The predicted octanol–water partition coefficient (Wildman–Crippen LogP) is 2.49. The van der Waals surface area contributed by atoms with Crippen LogP contribution in [0.15, 0.2) is 24.5 Å². The first-order valence-corrected chi connectivity index (χ1v) is 5.75. The molecule has 1 saturated heterocycles. The first-order chi connectivity index (χ1) is 7.77. The monoisotopic (exact) mass is 219 g/mol. The molecule has 2 amide bonds. The fraction of sp³-hybridized carbons (Fsp3) is 0.500. The standard InChI is InChI=1S/C12H17N3O/c1-10-4-2-3-9-15(10)12(16)14-11-5-7-13-8-6-11/h5-8,10H,2-4,9H2,1H3,(H,13,14,16). The van der Waals surface area contributed by atoms with Crippen LogP contribution in [0, 0.1) is 0 Å². The van der Waals surface area contributed by atoms with E-state index in [1.165, 1.54) is 6.42 Å². The molecule has 0 aromatic carbocycles.